The molecular weight excluding hydrogens is 558 g/mol. The summed E-state index contributed by atoms with van der Waals surface area (Å²) in [5.74, 6) is 1.94. The number of hydrogen-bond acceptors (Lipinski definition) is 4. The highest BCUT2D eigenvalue weighted by Crippen LogP contribution is 2.60. The van der Waals surface area contributed by atoms with Crippen molar-refractivity contribution in [1.29, 1.82) is 0 Å². The SMILES string of the molecule is C=C1CC[C@H](OC(C)C)C/C1=C/C=C1\CCC[C@]2(C)[C@@H]([C@H](C)CCCC(C)(C)O)CC[C@@H]12.CC(C)(C)CCN1C(=O)C=CC1=O. The second-order valence-electron chi connectivity index (χ2n) is 16.8. The topological polar surface area (TPSA) is 66.8 Å². The number of amides is 2. The summed E-state index contributed by atoms with van der Waals surface area (Å²) in [4.78, 5) is 23.5. The fourth-order valence-electron chi connectivity index (χ4n) is 8.25. The van der Waals surface area contributed by atoms with Crippen LogP contribution in [0.15, 0.2) is 47.6 Å². The van der Waals surface area contributed by atoms with Crippen LogP contribution in [0.2, 0.25) is 0 Å². The maximum Gasteiger partial charge on any atom is 0.253 e. The van der Waals surface area contributed by atoms with Gasteiger partial charge >= 0.3 is 0 Å². The number of ether oxygens (including phenoxy) is 1. The van der Waals surface area contributed by atoms with E-state index in [0.717, 1.165) is 56.3 Å². The maximum atomic E-state index is 11.1. The van der Waals surface area contributed by atoms with Crippen LogP contribution in [-0.2, 0) is 14.3 Å². The van der Waals surface area contributed by atoms with Crippen LogP contribution >= 0.6 is 0 Å². The fourth-order valence-corrected chi connectivity index (χ4v) is 8.25. The number of aliphatic hydroxyl groups is 1. The van der Waals surface area contributed by atoms with Crippen molar-refractivity contribution in [3.05, 3.63) is 47.6 Å². The van der Waals surface area contributed by atoms with E-state index < -0.39 is 5.60 Å². The van der Waals surface area contributed by atoms with Gasteiger partial charge in [-0.2, -0.15) is 0 Å². The number of carbonyl (C=O) groups excluding carboxylic acids is 2. The molecule has 3 aliphatic carbocycles. The van der Waals surface area contributed by atoms with E-state index in [0.29, 0.717) is 24.2 Å². The molecule has 3 saturated carbocycles. The van der Waals surface area contributed by atoms with Gasteiger partial charge < -0.3 is 9.84 Å². The molecule has 2 amide bonds. The molecule has 45 heavy (non-hydrogen) atoms. The summed E-state index contributed by atoms with van der Waals surface area (Å²) in [5.41, 5.74) is 4.49. The lowest BCUT2D eigenvalue weighted by Gasteiger charge is -2.44. The number of fused-ring (bicyclic) bond motifs is 1. The summed E-state index contributed by atoms with van der Waals surface area (Å²) in [6, 6.07) is 0. The van der Waals surface area contributed by atoms with Crippen molar-refractivity contribution in [2.75, 3.05) is 6.54 Å². The lowest BCUT2D eigenvalue weighted by molar-refractivity contribution is -0.137. The van der Waals surface area contributed by atoms with Gasteiger partial charge in [-0.05, 0) is 126 Å². The first-order chi connectivity index (χ1) is 20.9. The van der Waals surface area contributed by atoms with Gasteiger partial charge in [0.05, 0.1) is 17.8 Å². The Labute approximate surface area is 275 Å². The summed E-state index contributed by atoms with van der Waals surface area (Å²) < 4.78 is 6.12. The van der Waals surface area contributed by atoms with Crippen LogP contribution < -0.4 is 0 Å². The Kier molecular flexibility index (Phi) is 13.1. The third kappa shape index (κ3) is 11.1. The predicted octanol–water partition coefficient (Wildman–Crippen LogP) is 9.51. The first-order valence-electron chi connectivity index (χ1n) is 17.9. The third-order valence-corrected chi connectivity index (χ3v) is 10.8. The molecular formula is C40H65NO4. The van der Waals surface area contributed by atoms with Gasteiger partial charge in [0.15, 0.2) is 0 Å². The molecule has 1 heterocycles. The standard InChI is InChI=1S/C30H50O2.C10H15NO2/c1-21(2)32-26-15-12-22(3)25(20-26)14-13-24-11-9-19-30(7)27(16-17-28(24)30)23(4)10-8-18-29(5,6)31;1-10(2,3)6-7-11-8(12)4-5-9(11)13/h13-14,21,23,26-28,31H,3,8-12,15-20H2,1-2,4-7H3;4-5H,6-7H2,1-3H3/b24-13+,25-14-;/t23-,26+,27-,28+,30-;/m1./s1. The van der Waals surface area contributed by atoms with Crippen molar-refractivity contribution in [3.63, 3.8) is 0 Å². The van der Waals surface area contributed by atoms with Crippen LogP contribution in [0.3, 0.4) is 0 Å². The Balaban J connectivity index is 0.000000355. The molecule has 1 aliphatic heterocycles. The van der Waals surface area contributed by atoms with Gasteiger partial charge in [-0.15, -0.1) is 0 Å². The van der Waals surface area contributed by atoms with E-state index in [4.69, 9.17) is 4.74 Å². The summed E-state index contributed by atoms with van der Waals surface area (Å²) in [6.45, 7) is 24.4. The van der Waals surface area contributed by atoms with Gasteiger partial charge in [0.2, 0.25) is 0 Å². The van der Waals surface area contributed by atoms with Crippen LogP contribution in [-0.4, -0.2) is 46.2 Å². The van der Waals surface area contributed by atoms with Gasteiger partial charge in [-0.1, -0.05) is 77.3 Å². The number of imide groups is 1. The average Bonchev–Trinajstić information content (AvgIpc) is 3.44. The first-order valence-corrected chi connectivity index (χ1v) is 17.9. The summed E-state index contributed by atoms with van der Waals surface area (Å²) in [5, 5.41) is 10.1. The number of allylic oxidation sites excluding steroid dienone is 4. The monoisotopic (exact) mass is 623 g/mol. The van der Waals surface area contributed by atoms with Crippen LogP contribution in [0, 0.1) is 28.6 Å². The quantitative estimate of drug-likeness (QED) is 0.246. The van der Waals surface area contributed by atoms with E-state index in [1.165, 1.54) is 66.7 Å². The predicted molar refractivity (Wildman–Crippen MR) is 187 cm³/mol. The van der Waals surface area contributed by atoms with E-state index in [-0.39, 0.29) is 17.2 Å². The molecule has 4 aliphatic rings. The highest BCUT2D eigenvalue weighted by molar-refractivity contribution is 6.12. The maximum absolute atomic E-state index is 11.1. The zero-order valence-electron chi connectivity index (χ0n) is 30.2. The zero-order valence-corrected chi connectivity index (χ0v) is 30.2. The van der Waals surface area contributed by atoms with Crippen molar-refractivity contribution in [2.45, 2.75) is 157 Å². The van der Waals surface area contributed by atoms with Crippen molar-refractivity contribution in [3.8, 4) is 0 Å². The molecule has 1 N–H and O–H groups in total. The lowest BCUT2D eigenvalue weighted by Crippen LogP contribution is -2.36. The van der Waals surface area contributed by atoms with Crippen LogP contribution in [0.5, 0.6) is 0 Å². The summed E-state index contributed by atoms with van der Waals surface area (Å²) >= 11 is 0. The number of carbonyl (C=O) groups is 2. The van der Waals surface area contributed by atoms with Crippen LogP contribution in [0.1, 0.15) is 139 Å². The van der Waals surface area contributed by atoms with Gasteiger partial charge in [0.1, 0.15) is 0 Å². The Hall–Kier alpha value is -1.98. The van der Waals surface area contributed by atoms with Crippen molar-refractivity contribution in [1.82, 2.24) is 4.90 Å². The normalized spacial score (nSPS) is 29.9. The molecule has 4 rings (SSSR count). The molecule has 0 aromatic carbocycles. The van der Waals surface area contributed by atoms with Crippen molar-refractivity contribution < 1.29 is 19.4 Å². The molecule has 5 nitrogen and oxygen atoms in total. The Morgan fingerprint density at radius 1 is 1.02 bits per heavy atom. The molecule has 5 heteroatoms. The van der Waals surface area contributed by atoms with Crippen molar-refractivity contribution in [2.24, 2.45) is 28.6 Å². The van der Waals surface area contributed by atoms with Gasteiger partial charge in [0, 0.05) is 18.7 Å². The lowest BCUT2D eigenvalue weighted by atomic mass is 9.60. The molecule has 0 bridgehead atoms. The van der Waals surface area contributed by atoms with E-state index in [2.05, 4.69) is 67.2 Å². The summed E-state index contributed by atoms with van der Waals surface area (Å²) in [7, 11) is 0. The summed E-state index contributed by atoms with van der Waals surface area (Å²) in [6.07, 6.45) is 22.2. The van der Waals surface area contributed by atoms with E-state index in [9.17, 15) is 14.7 Å². The minimum Gasteiger partial charge on any atom is -0.390 e. The molecule has 3 fully saturated rings. The highest BCUT2D eigenvalue weighted by atomic mass is 16.5. The smallest absolute Gasteiger partial charge is 0.253 e. The van der Waals surface area contributed by atoms with E-state index in [1.54, 1.807) is 5.57 Å². The Bertz CT molecular complexity index is 1110. The minimum absolute atomic E-state index is 0.156. The molecule has 0 aromatic heterocycles. The van der Waals surface area contributed by atoms with Crippen LogP contribution in [0.4, 0.5) is 0 Å². The van der Waals surface area contributed by atoms with Gasteiger partial charge in [-0.3, -0.25) is 14.5 Å². The molecule has 5 atom stereocenters. The van der Waals surface area contributed by atoms with Gasteiger partial charge in [-0.25, -0.2) is 0 Å². The Morgan fingerprint density at radius 2 is 1.69 bits per heavy atom. The second-order valence-corrected chi connectivity index (χ2v) is 16.8. The first kappa shape index (κ1) is 37.5. The largest absolute Gasteiger partial charge is 0.390 e. The minimum atomic E-state index is -0.529. The van der Waals surface area contributed by atoms with Gasteiger partial charge in [0.25, 0.3) is 11.8 Å². The second kappa shape index (κ2) is 15.7. The number of nitrogens with zero attached hydrogens (tertiary/aromatic N) is 1. The molecule has 0 saturated heterocycles. The van der Waals surface area contributed by atoms with Crippen LogP contribution in [0.25, 0.3) is 0 Å². The zero-order chi connectivity index (χ0) is 33.6. The molecule has 0 radical (unpaired) electrons. The van der Waals surface area contributed by atoms with Crippen molar-refractivity contribution >= 4 is 11.8 Å². The third-order valence-electron chi connectivity index (χ3n) is 10.8. The highest BCUT2D eigenvalue weighted by Gasteiger charge is 2.50. The molecule has 0 spiro atoms. The number of rotatable bonds is 10. The number of hydrogen-bond donors (Lipinski definition) is 1. The van der Waals surface area contributed by atoms with E-state index >= 15 is 0 Å². The fraction of sp³-hybridized carbons (Fsp3) is 0.750. The molecule has 0 unspecified atom stereocenters. The van der Waals surface area contributed by atoms with E-state index in [1.807, 2.05) is 13.8 Å². The Morgan fingerprint density at radius 3 is 2.29 bits per heavy atom. The molecule has 0 aromatic rings. The molecule has 254 valence electrons. The average molecular weight is 624 g/mol.